The minimum absolute atomic E-state index is 0.198. The van der Waals surface area contributed by atoms with Crippen molar-refractivity contribution in [1.82, 2.24) is 10.2 Å². The lowest BCUT2D eigenvalue weighted by Gasteiger charge is -2.28. The van der Waals surface area contributed by atoms with Crippen molar-refractivity contribution in [3.63, 3.8) is 0 Å². The third kappa shape index (κ3) is 5.91. The van der Waals surface area contributed by atoms with E-state index in [4.69, 9.17) is 5.73 Å². The summed E-state index contributed by atoms with van der Waals surface area (Å²) in [4.78, 5) is 14.5. The topological polar surface area (TPSA) is 58.4 Å². The van der Waals surface area contributed by atoms with Gasteiger partial charge < -0.3 is 16.0 Å². The third-order valence-corrected chi connectivity index (χ3v) is 4.20. The second-order valence-electron chi connectivity index (χ2n) is 5.69. The smallest absolute Gasteiger partial charge is 0.223 e. The Morgan fingerprint density at radius 2 is 2.11 bits per heavy atom. The van der Waals surface area contributed by atoms with Crippen LogP contribution in [0, 0.1) is 11.8 Å². The molecule has 19 heavy (non-hydrogen) atoms. The van der Waals surface area contributed by atoms with Crippen molar-refractivity contribution in [1.29, 1.82) is 0 Å². The first-order valence-electron chi connectivity index (χ1n) is 7.91. The van der Waals surface area contributed by atoms with E-state index in [2.05, 4.69) is 24.1 Å². The minimum atomic E-state index is 0.198. The number of likely N-dealkylation sites (N-methyl/N-ethyl adjacent to an activating group) is 1. The molecule has 1 saturated carbocycles. The summed E-state index contributed by atoms with van der Waals surface area (Å²) >= 11 is 0. The first-order valence-corrected chi connectivity index (χ1v) is 7.91. The van der Waals surface area contributed by atoms with Gasteiger partial charge in [-0.25, -0.2) is 0 Å². The van der Waals surface area contributed by atoms with Crippen molar-refractivity contribution in [3.05, 3.63) is 0 Å². The first kappa shape index (κ1) is 16.4. The van der Waals surface area contributed by atoms with Crippen LogP contribution in [0.4, 0.5) is 0 Å². The summed E-state index contributed by atoms with van der Waals surface area (Å²) in [5.41, 5.74) is 5.72. The van der Waals surface area contributed by atoms with Crippen LogP contribution in [-0.2, 0) is 4.79 Å². The number of carbonyl (C=O) groups is 1. The molecular formula is C15H31N3O. The van der Waals surface area contributed by atoms with Crippen molar-refractivity contribution in [2.45, 2.75) is 46.0 Å². The molecule has 0 aromatic heterocycles. The molecule has 1 rings (SSSR count). The van der Waals surface area contributed by atoms with Gasteiger partial charge in [0.15, 0.2) is 0 Å². The molecule has 0 heterocycles. The summed E-state index contributed by atoms with van der Waals surface area (Å²) in [5, 5.41) is 3.10. The SMILES string of the molecule is CCCN(CC)CCNC(=O)C1CCCC(CN)C1. The van der Waals surface area contributed by atoms with Crippen LogP contribution >= 0.6 is 0 Å². The molecule has 0 spiro atoms. The van der Waals surface area contributed by atoms with E-state index in [1.807, 2.05) is 0 Å². The predicted octanol–water partition coefficient (Wildman–Crippen LogP) is 1.60. The van der Waals surface area contributed by atoms with Gasteiger partial charge in [-0.2, -0.15) is 0 Å². The van der Waals surface area contributed by atoms with E-state index in [0.717, 1.165) is 52.0 Å². The lowest BCUT2D eigenvalue weighted by molar-refractivity contribution is -0.126. The summed E-state index contributed by atoms with van der Waals surface area (Å²) in [5.74, 6) is 0.992. The zero-order valence-corrected chi connectivity index (χ0v) is 12.7. The van der Waals surface area contributed by atoms with E-state index >= 15 is 0 Å². The van der Waals surface area contributed by atoms with Gasteiger partial charge in [0.2, 0.25) is 5.91 Å². The molecule has 0 radical (unpaired) electrons. The molecule has 1 aliphatic carbocycles. The molecule has 0 bridgehead atoms. The fraction of sp³-hybridized carbons (Fsp3) is 0.933. The van der Waals surface area contributed by atoms with Crippen molar-refractivity contribution >= 4 is 5.91 Å². The van der Waals surface area contributed by atoms with E-state index in [-0.39, 0.29) is 11.8 Å². The quantitative estimate of drug-likeness (QED) is 0.703. The second kappa shape index (κ2) is 9.32. The number of hydrogen-bond acceptors (Lipinski definition) is 3. The normalized spacial score (nSPS) is 23.6. The summed E-state index contributed by atoms with van der Waals surface area (Å²) in [6.07, 6.45) is 5.53. The summed E-state index contributed by atoms with van der Waals surface area (Å²) in [6.45, 7) is 9.00. The summed E-state index contributed by atoms with van der Waals surface area (Å²) < 4.78 is 0. The molecule has 4 heteroatoms. The molecule has 0 aromatic carbocycles. The maximum atomic E-state index is 12.1. The Labute approximate surface area is 118 Å². The standard InChI is InChI=1S/C15H31N3O/c1-3-9-18(4-2)10-8-17-15(19)14-7-5-6-13(11-14)12-16/h13-14H,3-12,16H2,1-2H3,(H,17,19). The largest absolute Gasteiger partial charge is 0.355 e. The zero-order chi connectivity index (χ0) is 14.1. The number of rotatable bonds is 8. The Balaban J connectivity index is 2.23. The molecule has 1 aliphatic rings. The summed E-state index contributed by atoms with van der Waals surface area (Å²) in [6, 6.07) is 0. The van der Waals surface area contributed by atoms with E-state index in [0.29, 0.717) is 5.92 Å². The molecule has 0 aliphatic heterocycles. The molecule has 0 aromatic rings. The Bertz CT molecular complexity index is 258. The highest BCUT2D eigenvalue weighted by molar-refractivity contribution is 5.78. The van der Waals surface area contributed by atoms with Crippen LogP contribution in [0.5, 0.6) is 0 Å². The number of nitrogens with zero attached hydrogens (tertiary/aromatic N) is 1. The third-order valence-electron chi connectivity index (χ3n) is 4.20. The van der Waals surface area contributed by atoms with Crippen LogP contribution < -0.4 is 11.1 Å². The second-order valence-corrected chi connectivity index (χ2v) is 5.69. The molecule has 1 amide bonds. The van der Waals surface area contributed by atoms with Gasteiger partial charge in [0, 0.05) is 19.0 Å². The highest BCUT2D eigenvalue weighted by Gasteiger charge is 2.26. The first-order chi connectivity index (χ1) is 9.21. The fourth-order valence-corrected chi connectivity index (χ4v) is 2.97. The van der Waals surface area contributed by atoms with E-state index in [9.17, 15) is 4.79 Å². The van der Waals surface area contributed by atoms with Gasteiger partial charge in [-0.05, 0) is 51.2 Å². The maximum Gasteiger partial charge on any atom is 0.223 e. The van der Waals surface area contributed by atoms with Crippen molar-refractivity contribution in [3.8, 4) is 0 Å². The lowest BCUT2D eigenvalue weighted by atomic mass is 9.81. The highest BCUT2D eigenvalue weighted by atomic mass is 16.1. The number of hydrogen-bond donors (Lipinski definition) is 2. The van der Waals surface area contributed by atoms with E-state index in [1.54, 1.807) is 0 Å². The molecule has 4 nitrogen and oxygen atoms in total. The Kier molecular flexibility index (Phi) is 8.07. The van der Waals surface area contributed by atoms with Crippen LogP contribution in [0.3, 0.4) is 0 Å². The van der Waals surface area contributed by atoms with Crippen LogP contribution in [0.1, 0.15) is 46.0 Å². The molecule has 112 valence electrons. The number of amides is 1. The van der Waals surface area contributed by atoms with Crippen LogP contribution in [-0.4, -0.2) is 43.5 Å². The number of nitrogens with one attached hydrogen (secondary N) is 1. The average Bonchev–Trinajstić information content (AvgIpc) is 2.46. The predicted molar refractivity (Wildman–Crippen MR) is 79.9 cm³/mol. The average molecular weight is 269 g/mol. The summed E-state index contributed by atoms with van der Waals surface area (Å²) in [7, 11) is 0. The van der Waals surface area contributed by atoms with Gasteiger partial charge >= 0.3 is 0 Å². The van der Waals surface area contributed by atoms with Gasteiger partial charge in [0.05, 0.1) is 0 Å². The Morgan fingerprint density at radius 3 is 2.74 bits per heavy atom. The van der Waals surface area contributed by atoms with Crippen molar-refractivity contribution in [2.75, 3.05) is 32.7 Å². The van der Waals surface area contributed by atoms with Gasteiger partial charge in [-0.15, -0.1) is 0 Å². The highest BCUT2D eigenvalue weighted by Crippen LogP contribution is 2.28. The van der Waals surface area contributed by atoms with Crippen LogP contribution in [0.25, 0.3) is 0 Å². The maximum absolute atomic E-state index is 12.1. The Hall–Kier alpha value is -0.610. The van der Waals surface area contributed by atoms with E-state index < -0.39 is 0 Å². The molecular weight excluding hydrogens is 238 g/mol. The molecule has 2 atom stereocenters. The van der Waals surface area contributed by atoms with Crippen molar-refractivity contribution < 1.29 is 4.79 Å². The van der Waals surface area contributed by atoms with Gasteiger partial charge in [0.1, 0.15) is 0 Å². The molecule has 1 fully saturated rings. The monoisotopic (exact) mass is 269 g/mol. The molecule has 2 unspecified atom stereocenters. The van der Waals surface area contributed by atoms with Gasteiger partial charge in [0.25, 0.3) is 0 Å². The van der Waals surface area contributed by atoms with Gasteiger partial charge in [-0.3, -0.25) is 4.79 Å². The molecule has 0 saturated heterocycles. The lowest BCUT2D eigenvalue weighted by Crippen LogP contribution is -2.39. The minimum Gasteiger partial charge on any atom is -0.355 e. The molecule has 3 N–H and O–H groups in total. The van der Waals surface area contributed by atoms with Crippen LogP contribution in [0.15, 0.2) is 0 Å². The van der Waals surface area contributed by atoms with E-state index in [1.165, 1.54) is 12.8 Å². The van der Waals surface area contributed by atoms with Crippen LogP contribution in [0.2, 0.25) is 0 Å². The van der Waals surface area contributed by atoms with Crippen molar-refractivity contribution in [2.24, 2.45) is 17.6 Å². The fourth-order valence-electron chi connectivity index (χ4n) is 2.97. The Morgan fingerprint density at radius 1 is 1.32 bits per heavy atom. The number of nitrogens with two attached hydrogens (primary N) is 1. The zero-order valence-electron chi connectivity index (χ0n) is 12.7. The van der Waals surface area contributed by atoms with Gasteiger partial charge in [-0.1, -0.05) is 20.3 Å². The number of carbonyl (C=O) groups excluding carboxylic acids is 1.